The molecule has 0 atom stereocenters. The van der Waals surface area contributed by atoms with Gasteiger partial charge in [-0.25, -0.2) is 0 Å². The summed E-state index contributed by atoms with van der Waals surface area (Å²) in [6.07, 6.45) is 1.47. The van der Waals surface area contributed by atoms with Crippen molar-refractivity contribution in [3.05, 3.63) is 45.6 Å². The second kappa shape index (κ2) is 7.43. The summed E-state index contributed by atoms with van der Waals surface area (Å²) < 4.78 is 6.40. The minimum atomic E-state index is -0.550. The molecular weight excluding hydrogens is 330 g/mol. The lowest BCUT2D eigenvalue weighted by Crippen LogP contribution is -2.33. The van der Waals surface area contributed by atoms with E-state index in [1.165, 1.54) is 36.2 Å². The van der Waals surface area contributed by atoms with E-state index < -0.39 is 16.7 Å². The average Bonchev–Trinajstić information content (AvgIpc) is 2.95. The first-order valence-electron chi connectivity index (χ1n) is 7.22. The summed E-state index contributed by atoms with van der Waals surface area (Å²) in [5.41, 5.74) is 1.04. The van der Waals surface area contributed by atoms with Crippen LogP contribution in [0.2, 0.25) is 0 Å². The lowest BCUT2D eigenvalue weighted by atomic mass is 10.2. The van der Waals surface area contributed by atoms with Gasteiger partial charge in [0.25, 0.3) is 11.6 Å². The molecular formula is C15H17N5O5. The van der Waals surface area contributed by atoms with Crippen LogP contribution in [-0.4, -0.2) is 40.2 Å². The van der Waals surface area contributed by atoms with Crippen LogP contribution in [0.1, 0.15) is 15.9 Å². The molecule has 2 rings (SSSR count). The van der Waals surface area contributed by atoms with Crippen molar-refractivity contribution < 1.29 is 19.2 Å². The number of anilines is 1. The van der Waals surface area contributed by atoms with Crippen LogP contribution in [0.3, 0.4) is 0 Å². The summed E-state index contributed by atoms with van der Waals surface area (Å²) in [5.74, 6) is -0.884. The van der Waals surface area contributed by atoms with E-state index in [0.29, 0.717) is 11.3 Å². The summed E-state index contributed by atoms with van der Waals surface area (Å²) in [5, 5.41) is 19.7. The molecule has 0 aliphatic carbocycles. The number of benzene rings is 1. The van der Waals surface area contributed by atoms with Gasteiger partial charge in [-0.15, -0.1) is 5.10 Å². The maximum Gasteiger partial charge on any atom is 0.271 e. The highest BCUT2D eigenvalue weighted by Crippen LogP contribution is 2.21. The number of hydrogen-bond acceptors (Lipinski definition) is 6. The van der Waals surface area contributed by atoms with E-state index in [1.54, 1.807) is 14.0 Å². The Hall–Kier alpha value is -3.43. The van der Waals surface area contributed by atoms with Crippen LogP contribution < -0.4 is 15.4 Å². The summed E-state index contributed by atoms with van der Waals surface area (Å²) >= 11 is 0. The van der Waals surface area contributed by atoms with Crippen molar-refractivity contribution in [2.24, 2.45) is 7.05 Å². The van der Waals surface area contributed by atoms with E-state index in [9.17, 15) is 19.7 Å². The maximum atomic E-state index is 12.1. The standard InChI is InChI=1S/C15H17N5O5/c1-9-4-5-10(20(23)24)6-12(9)17-13(21)7-16-14(22)11-8-19(2)18-15(11)25-3/h4-6,8H,7H2,1-3H3,(H,16,22)(H,17,21). The Kier molecular flexibility index (Phi) is 5.32. The molecule has 10 heteroatoms. The molecule has 0 spiro atoms. The predicted octanol–water partition coefficient (Wildman–Crippen LogP) is 1.01. The average molecular weight is 347 g/mol. The minimum absolute atomic E-state index is 0.134. The zero-order valence-electron chi connectivity index (χ0n) is 13.9. The largest absolute Gasteiger partial charge is 0.479 e. The number of nitrogens with zero attached hydrogens (tertiary/aromatic N) is 3. The van der Waals surface area contributed by atoms with Crippen LogP contribution in [0.5, 0.6) is 5.88 Å². The van der Waals surface area contributed by atoms with Crippen LogP contribution in [-0.2, 0) is 11.8 Å². The Morgan fingerprint density at radius 2 is 2.12 bits per heavy atom. The van der Waals surface area contributed by atoms with Crippen LogP contribution in [0.15, 0.2) is 24.4 Å². The summed E-state index contributed by atoms with van der Waals surface area (Å²) in [4.78, 5) is 34.3. The molecule has 0 aliphatic rings. The first-order valence-corrected chi connectivity index (χ1v) is 7.22. The number of rotatable bonds is 6. The van der Waals surface area contributed by atoms with Gasteiger partial charge < -0.3 is 15.4 Å². The molecule has 132 valence electrons. The van der Waals surface area contributed by atoms with E-state index in [1.807, 2.05) is 0 Å². The first-order chi connectivity index (χ1) is 11.8. The lowest BCUT2D eigenvalue weighted by Gasteiger charge is -2.09. The predicted molar refractivity (Wildman–Crippen MR) is 88.6 cm³/mol. The number of nitrogens with one attached hydrogen (secondary N) is 2. The van der Waals surface area contributed by atoms with E-state index in [0.717, 1.165) is 0 Å². The van der Waals surface area contributed by atoms with E-state index in [4.69, 9.17) is 4.74 Å². The van der Waals surface area contributed by atoms with Crippen molar-refractivity contribution in [1.29, 1.82) is 0 Å². The molecule has 0 fully saturated rings. The molecule has 0 aliphatic heterocycles. The molecule has 0 unspecified atom stereocenters. The van der Waals surface area contributed by atoms with Gasteiger partial charge in [0, 0.05) is 25.4 Å². The molecule has 1 aromatic carbocycles. The second-order valence-corrected chi connectivity index (χ2v) is 5.21. The van der Waals surface area contributed by atoms with Gasteiger partial charge in [0.15, 0.2) is 0 Å². The Bertz CT molecular complexity index is 830. The number of non-ortho nitro benzene ring substituents is 1. The third kappa shape index (κ3) is 4.31. The lowest BCUT2D eigenvalue weighted by molar-refractivity contribution is -0.384. The molecule has 1 heterocycles. The van der Waals surface area contributed by atoms with Crippen molar-refractivity contribution in [2.75, 3.05) is 19.0 Å². The summed E-state index contributed by atoms with van der Waals surface area (Å²) in [6.45, 7) is 1.40. The van der Waals surface area contributed by atoms with E-state index in [-0.39, 0.29) is 23.7 Å². The van der Waals surface area contributed by atoms with Gasteiger partial charge in [0.2, 0.25) is 11.8 Å². The Balaban J connectivity index is 2.00. The van der Waals surface area contributed by atoms with Crippen molar-refractivity contribution in [1.82, 2.24) is 15.1 Å². The summed E-state index contributed by atoms with van der Waals surface area (Å²) in [6, 6.07) is 4.15. The molecule has 1 aromatic heterocycles. The molecule has 2 amide bonds. The van der Waals surface area contributed by atoms with Crippen LogP contribution in [0, 0.1) is 17.0 Å². The first kappa shape index (κ1) is 17.9. The molecule has 0 radical (unpaired) electrons. The molecule has 10 nitrogen and oxygen atoms in total. The van der Waals surface area contributed by atoms with E-state index >= 15 is 0 Å². The number of aromatic nitrogens is 2. The van der Waals surface area contributed by atoms with E-state index in [2.05, 4.69) is 15.7 Å². The number of aryl methyl sites for hydroxylation is 2. The number of nitro groups is 1. The van der Waals surface area contributed by atoms with Gasteiger partial charge in [0.1, 0.15) is 5.56 Å². The smallest absolute Gasteiger partial charge is 0.271 e. The molecule has 25 heavy (non-hydrogen) atoms. The fourth-order valence-corrected chi connectivity index (χ4v) is 2.08. The highest BCUT2D eigenvalue weighted by Gasteiger charge is 2.17. The van der Waals surface area contributed by atoms with Gasteiger partial charge in [-0.2, -0.15) is 0 Å². The van der Waals surface area contributed by atoms with Crippen LogP contribution >= 0.6 is 0 Å². The van der Waals surface area contributed by atoms with Crippen LogP contribution in [0.25, 0.3) is 0 Å². The molecule has 2 N–H and O–H groups in total. The normalized spacial score (nSPS) is 10.2. The Labute approximate surface area is 142 Å². The second-order valence-electron chi connectivity index (χ2n) is 5.21. The zero-order chi connectivity index (χ0) is 18.6. The fraction of sp³-hybridized carbons (Fsp3) is 0.267. The topological polar surface area (TPSA) is 128 Å². The number of ether oxygens (including phenoxy) is 1. The molecule has 0 saturated heterocycles. The van der Waals surface area contributed by atoms with Gasteiger partial charge in [-0.05, 0) is 12.5 Å². The Morgan fingerprint density at radius 3 is 2.76 bits per heavy atom. The highest BCUT2D eigenvalue weighted by molar-refractivity contribution is 6.00. The van der Waals surface area contributed by atoms with Gasteiger partial charge in [0.05, 0.1) is 24.3 Å². The zero-order valence-corrected chi connectivity index (χ0v) is 13.9. The van der Waals surface area contributed by atoms with Crippen molar-refractivity contribution >= 4 is 23.2 Å². The quantitative estimate of drug-likeness (QED) is 0.593. The number of nitro benzene ring substituents is 1. The molecule has 2 aromatic rings. The monoisotopic (exact) mass is 347 g/mol. The third-order valence-corrected chi connectivity index (χ3v) is 3.35. The highest BCUT2D eigenvalue weighted by atomic mass is 16.6. The fourth-order valence-electron chi connectivity index (χ4n) is 2.08. The number of amides is 2. The molecule has 0 saturated carbocycles. The summed E-state index contributed by atoms with van der Waals surface area (Å²) in [7, 11) is 3.02. The van der Waals surface area contributed by atoms with Gasteiger partial charge in [-0.3, -0.25) is 24.4 Å². The number of carbonyl (C=O) groups excluding carboxylic acids is 2. The maximum absolute atomic E-state index is 12.1. The van der Waals surface area contributed by atoms with Gasteiger partial charge in [-0.1, -0.05) is 6.07 Å². The van der Waals surface area contributed by atoms with Crippen molar-refractivity contribution in [3.8, 4) is 5.88 Å². The van der Waals surface area contributed by atoms with Crippen LogP contribution in [0.4, 0.5) is 11.4 Å². The minimum Gasteiger partial charge on any atom is -0.479 e. The number of methoxy groups -OCH3 is 1. The Morgan fingerprint density at radius 1 is 1.40 bits per heavy atom. The number of hydrogen-bond donors (Lipinski definition) is 2. The van der Waals surface area contributed by atoms with Crippen molar-refractivity contribution in [2.45, 2.75) is 6.92 Å². The third-order valence-electron chi connectivity index (χ3n) is 3.35. The molecule has 0 bridgehead atoms. The van der Waals surface area contributed by atoms with Gasteiger partial charge >= 0.3 is 0 Å². The SMILES string of the molecule is COc1nn(C)cc1C(=O)NCC(=O)Nc1cc([N+](=O)[O-])ccc1C. The van der Waals surface area contributed by atoms with Crippen molar-refractivity contribution in [3.63, 3.8) is 0 Å². The number of carbonyl (C=O) groups is 2.